The van der Waals surface area contributed by atoms with Gasteiger partial charge in [-0.15, -0.1) is 0 Å². The first-order valence-electron chi connectivity index (χ1n) is 16.9. The Kier molecular flexibility index (Phi) is 7.39. The Morgan fingerprint density at radius 2 is 1.88 bits per heavy atom. The van der Waals surface area contributed by atoms with E-state index in [4.69, 9.17) is 9.72 Å². The number of ether oxygens (including phenoxy) is 1. The van der Waals surface area contributed by atoms with Crippen LogP contribution in [0, 0.1) is 17.8 Å². The molecule has 3 aliphatic heterocycles. The van der Waals surface area contributed by atoms with Gasteiger partial charge >= 0.3 is 6.09 Å². The van der Waals surface area contributed by atoms with E-state index >= 15 is 0 Å². The maximum Gasteiger partial charge on any atom is 0.405 e. The lowest BCUT2D eigenvalue weighted by atomic mass is 9.92. The minimum Gasteiger partial charge on any atom is -0.488 e. The van der Waals surface area contributed by atoms with E-state index < -0.39 is 12.1 Å². The molecule has 0 spiro atoms. The van der Waals surface area contributed by atoms with E-state index in [9.17, 15) is 14.7 Å². The van der Waals surface area contributed by atoms with Gasteiger partial charge in [-0.3, -0.25) is 4.79 Å². The molecule has 248 valence electrons. The van der Waals surface area contributed by atoms with Crippen molar-refractivity contribution in [3.05, 3.63) is 65.9 Å². The fraction of sp³-hybridized carbons (Fsp3) is 0.405. The molecule has 2 fully saturated rings. The van der Waals surface area contributed by atoms with Crippen molar-refractivity contribution in [1.29, 1.82) is 0 Å². The van der Waals surface area contributed by atoms with Crippen LogP contribution in [0.5, 0.6) is 5.75 Å². The van der Waals surface area contributed by atoms with Crippen molar-refractivity contribution in [3.63, 3.8) is 0 Å². The normalized spacial score (nSPS) is 22.6. The highest BCUT2D eigenvalue weighted by Crippen LogP contribution is 2.43. The molecule has 0 radical (unpaired) electrons. The quantitative estimate of drug-likeness (QED) is 0.141. The number of aromatic nitrogens is 4. The summed E-state index contributed by atoms with van der Waals surface area (Å²) in [5.74, 6) is 3.02. The molecule has 2 saturated heterocycles. The van der Waals surface area contributed by atoms with E-state index in [0.29, 0.717) is 24.9 Å². The monoisotopic (exact) mass is 647 g/mol. The lowest BCUT2D eigenvalue weighted by Crippen LogP contribution is -2.50. The Bertz CT molecular complexity index is 2070. The lowest BCUT2D eigenvalue weighted by molar-refractivity contribution is -0.135. The highest BCUT2D eigenvalue weighted by molar-refractivity contribution is 6.07. The number of nitrogens with zero attached hydrogens (tertiary/aromatic N) is 3. The summed E-state index contributed by atoms with van der Waals surface area (Å²) in [6, 6.07) is 14.1. The number of fused-ring (bicyclic) bond motifs is 6. The summed E-state index contributed by atoms with van der Waals surface area (Å²) in [5.41, 5.74) is 7.13. The highest BCUT2D eigenvalue weighted by Gasteiger charge is 2.40. The first-order chi connectivity index (χ1) is 23.1. The van der Waals surface area contributed by atoms with Crippen molar-refractivity contribution in [2.45, 2.75) is 65.3 Å². The SMILES string of the molecule is CC(C)C(NC(=O)O)C(=O)N1C[C@@H](C)C[C@H]1c1nc2c(ccc3cc4c(cc32)OCc2cc(-c3cnc([C@@H]5C[C@H](C)CN5)[nH]3)ccc2-4)[nH]1. The summed E-state index contributed by atoms with van der Waals surface area (Å²) in [6.07, 6.45) is 2.56. The fourth-order valence-corrected chi connectivity index (χ4v) is 7.79. The molecule has 48 heavy (non-hydrogen) atoms. The molecule has 3 aromatic carbocycles. The molecule has 2 aromatic heterocycles. The Balaban J connectivity index is 1.10. The Morgan fingerprint density at radius 1 is 1.02 bits per heavy atom. The molecule has 11 heteroatoms. The van der Waals surface area contributed by atoms with Gasteiger partial charge in [-0.1, -0.05) is 45.9 Å². The average molecular weight is 648 g/mol. The molecule has 2 amide bonds. The third-order valence-corrected chi connectivity index (χ3v) is 10.3. The molecule has 5 N–H and O–H groups in total. The summed E-state index contributed by atoms with van der Waals surface area (Å²) in [6.45, 7) is 10.1. The van der Waals surface area contributed by atoms with Crippen molar-refractivity contribution in [2.24, 2.45) is 17.8 Å². The van der Waals surface area contributed by atoms with Crippen molar-refractivity contribution in [3.8, 4) is 28.1 Å². The molecule has 8 rings (SSSR count). The van der Waals surface area contributed by atoms with Crippen LogP contribution in [0.4, 0.5) is 4.79 Å². The number of likely N-dealkylation sites (tertiary alicyclic amines) is 1. The van der Waals surface area contributed by atoms with Gasteiger partial charge in [-0.05, 0) is 83.5 Å². The number of nitrogens with one attached hydrogen (secondary N) is 4. The summed E-state index contributed by atoms with van der Waals surface area (Å²) >= 11 is 0. The van der Waals surface area contributed by atoms with Crippen molar-refractivity contribution in [1.82, 2.24) is 35.5 Å². The van der Waals surface area contributed by atoms with Gasteiger partial charge < -0.3 is 35.3 Å². The van der Waals surface area contributed by atoms with Crippen LogP contribution < -0.4 is 15.4 Å². The smallest absolute Gasteiger partial charge is 0.405 e. The Labute approximate surface area is 278 Å². The number of imidazole rings is 2. The van der Waals surface area contributed by atoms with Gasteiger partial charge in [0.2, 0.25) is 5.91 Å². The van der Waals surface area contributed by atoms with Crippen LogP contribution in [0.25, 0.3) is 44.2 Å². The zero-order chi connectivity index (χ0) is 33.3. The molecule has 1 unspecified atom stereocenters. The van der Waals surface area contributed by atoms with E-state index in [0.717, 1.165) is 80.7 Å². The van der Waals surface area contributed by atoms with E-state index in [1.807, 2.05) is 26.1 Å². The molecule has 5 heterocycles. The maximum atomic E-state index is 13.6. The van der Waals surface area contributed by atoms with Crippen LogP contribution in [0.3, 0.4) is 0 Å². The topological polar surface area (TPSA) is 148 Å². The second kappa shape index (κ2) is 11.7. The summed E-state index contributed by atoms with van der Waals surface area (Å²) in [4.78, 5) is 43.7. The minimum atomic E-state index is -1.20. The van der Waals surface area contributed by atoms with Crippen molar-refractivity contribution < 1.29 is 19.4 Å². The molecule has 5 atom stereocenters. The van der Waals surface area contributed by atoms with Crippen LogP contribution in [-0.2, 0) is 11.4 Å². The van der Waals surface area contributed by atoms with E-state index in [2.05, 4.69) is 75.8 Å². The molecule has 5 aromatic rings. The first-order valence-corrected chi connectivity index (χ1v) is 16.9. The number of carboxylic acid groups (broad SMARTS) is 1. The standard InChI is InChI=1S/C37H41N7O4/c1-18(2)32(43-37(46)47)36(45)44-16-20(4)10-30(44)35-40-27-8-6-21-12-26-24-7-5-22(29-15-39-34(41-29)28-9-19(3)14-38-28)11-23(24)17-48-31(26)13-25(21)33(27)42-35/h5-8,11-13,15,18-20,28,30,32,38,43H,9-10,14,16-17H2,1-4H3,(H,39,41)(H,40,42)(H,46,47)/t19-,20-,28-,30-,32?/m0/s1. The van der Waals surface area contributed by atoms with E-state index in [1.165, 1.54) is 0 Å². The predicted molar refractivity (Wildman–Crippen MR) is 183 cm³/mol. The zero-order valence-corrected chi connectivity index (χ0v) is 27.6. The summed E-state index contributed by atoms with van der Waals surface area (Å²) in [5, 5.41) is 17.4. The minimum absolute atomic E-state index is 0.186. The number of benzene rings is 3. The second-order valence-electron chi connectivity index (χ2n) is 14.3. The van der Waals surface area contributed by atoms with E-state index in [1.54, 1.807) is 4.90 Å². The number of rotatable bonds is 6. The summed E-state index contributed by atoms with van der Waals surface area (Å²) in [7, 11) is 0. The molecule has 0 aliphatic carbocycles. The molecule has 11 nitrogen and oxygen atoms in total. The number of amides is 2. The Hall–Kier alpha value is -4.90. The molecule has 0 saturated carbocycles. The third kappa shape index (κ3) is 5.26. The Morgan fingerprint density at radius 3 is 2.65 bits per heavy atom. The lowest BCUT2D eigenvalue weighted by Gasteiger charge is -2.29. The molecular weight excluding hydrogens is 606 g/mol. The van der Waals surface area contributed by atoms with Gasteiger partial charge in [0.15, 0.2) is 0 Å². The van der Waals surface area contributed by atoms with Crippen LogP contribution in [0.2, 0.25) is 0 Å². The van der Waals surface area contributed by atoms with Crippen LogP contribution in [0.1, 0.15) is 69.8 Å². The summed E-state index contributed by atoms with van der Waals surface area (Å²) < 4.78 is 6.36. The van der Waals surface area contributed by atoms with Crippen LogP contribution in [0.15, 0.2) is 48.7 Å². The number of hydrogen-bond acceptors (Lipinski definition) is 6. The van der Waals surface area contributed by atoms with Gasteiger partial charge in [0.1, 0.15) is 30.0 Å². The number of hydrogen-bond donors (Lipinski definition) is 5. The van der Waals surface area contributed by atoms with Gasteiger partial charge in [0, 0.05) is 17.5 Å². The van der Waals surface area contributed by atoms with Gasteiger partial charge in [0.25, 0.3) is 0 Å². The highest BCUT2D eigenvalue weighted by atomic mass is 16.5. The largest absolute Gasteiger partial charge is 0.488 e. The van der Waals surface area contributed by atoms with Crippen LogP contribution in [-0.4, -0.2) is 61.1 Å². The first kappa shape index (κ1) is 30.4. The molecule has 0 bridgehead atoms. The fourth-order valence-electron chi connectivity index (χ4n) is 7.79. The number of carbonyl (C=O) groups is 2. The molecule has 3 aliphatic rings. The second-order valence-corrected chi connectivity index (χ2v) is 14.3. The van der Waals surface area contributed by atoms with Crippen molar-refractivity contribution in [2.75, 3.05) is 13.1 Å². The number of H-pyrrole nitrogens is 2. The average Bonchev–Trinajstić information content (AvgIpc) is 3.88. The zero-order valence-electron chi connectivity index (χ0n) is 27.6. The number of aromatic amines is 2. The van der Waals surface area contributed by atoms with Gasteiger partial charge in [-0.2, -0.15) is 0 Å². The van der Waals surface area contributed by atoms with Gasteiger partial charge in [0.05, 0.1) is 35.0 Å². The van der Waals surface area contributed by atoms with Crippen LogP contribution >= 0.6 is 0 Å². The third-order valence-electron chi connectivity index (χ3n) is 10.3. The van der Waals surface area contributed by atoms with Crippen molar-refractivity contribution >= 4 is 33.8 Å². The van der Waals surface area contributed by atoms with Gasteiger partial charge in [-0.25, -0.2) is 14.8 Å². The van der Waals surface area contributed by atoms with E-state index in [-0.39, 0.29) is 29.8 Å². The number of carbonyl (C=O) groups excluding carboxylic acids is 1. The predicted octanol–water partition coefficient (Wildman–Crippen LogP) is 6.54. The molecular formula is C37H41N7O4. The maximum absolute atomic E-state index is 13.6.